The number of amides is 1. The van der Waals surface area contributed by atoms with Crippen LogP contribution in [0.3, 0.4) is 0 Å². The van der Waals surface area contributed by atoms with Gasteiger partial charge < -0.3 is 5.32 Å². The van der Waals surface area contributed by atoms with Crippen molar-refractivity contribution in [2.24, 2.45) is 0 Å². The minimum atomic E-state index is 0.0821. The quantitative estimate of drug-likeness (QED) is 0.823. The smallest absolute Gasteiger partial charge is 0.261 e. The Morgan fingerprint density at radius 1 is 1.33 bits per heavy atom. The summed E-state index contributed by atoms with van der Waals surface area (Å²) in [6, 6.07) is 10.5. The van der Waals surface area contributed by atoms with E-state index in [1.807, 2.05) is 30.3 Å². The third-order valence-corrected chi connectivity index (χ3v) is 3.68. The first-order chi connectivity index (χ1) is 7.33. The fraction of sp³-hybridized carbons (Fsp3) is 0.250. The summed E-state index contributed by atoms with van der Waals surface area (Å²) < 4.78 is 1.18. The van der Waals surface area contributed by atoms with Crippen molar-refractivity contribution >= 4 is 27.3 Å². The summed E-state index contributed by atoms with van der Waals surface area (Å²) in [6.07, 6.45) is 2.27. The number of nitrogens with one attached hydrogen (secondary N) is 1. The van der Waals surface area contributed by atoms with E-state index in [2.05, 4.69) is 5.32 Å². The molecule has 1 fully saturated rings. The van der Waals surface area contributed by atoms with Gasteiger partial charge in [-0.05, 0) is 30.4 Å². The predicted molar refractivity (Wildman–Crippen MR) is 62.3 cm³/mol. The molecule has 15 heavy (non-hydrogen) atoms. The molecule has 76 valence electrons. The molecule has 0 saturated heterocycles. The van der Waals surface area contributed by atoms with Gasteiger partial charge in [0.2, 0.25) is 0 Å². The summed E-state index contributed by atoms with van der Waals surface area (Å²) in [5, 5.41) is 4.16. The molecule has 1 aliphatic carbocycles. The van der Waals surface area contributed by atoms with Gasteiger partial charge in [0.25, 0.3) is 5.91 Å². The fourth-order valence-corrected chi connectivity index (χ4v) is 2.54. The van der Waals surface area contributed by atoms with Crippen molar-refractivity contribution in [1.29, 1.82) is 0 Å². The van der Waals surface area contributed by atoms with Gasteiger partial charge in [-0.1, -0.05) is 18.2 Å². The van der Waals surface area contributed by atoms with Gasteiger partial charge in [0.1, 0.15) is 0 Å². The molecule has 3 heteroatoms. The molecule has 0 radical (unpaired) electrons. The number of rotatable bonds is 2. The molecule has 0 unspecified atom stereocenters. The lowest BCUT2D eigenvalue weighted by Gasteiger charge is -1.98. The Kier molecular flexibility index (Phi) is 1.99. The molecule has 1 aromatic heterocycles. The van der Waals surface area contributed by atoms with Crippen LogP contribution in [-0.2, 0) is 0 Å². The second kappa shape index (κ2) is 3.35. The van der Waals surface area contributed by atoms with E-state index in [1.54, 1.807) is 11.3 Å². The van der Waals surface area contributed by atoms with Crippen LogP contribution in [0.4, 0.5) is 0 Å². The standard InChI is InChI=1S/C12H11NOS/c14-12(13-9-5-6-9)11-7-8-3-1-2-4-10(8)15-11/h1-4,7,9H,5-6H2,(H,13,14). The Labute approximate surface area is 91.9 Å². The van der Waals surface area contributed by atoms with E-state index in [-0.39, 0.29) is 5.91 Å². The molecule has 2 nitrogen and oxygen atoms in total. The van der Waals surface area contributed by atoms with E-state index in [0.29, 0.717) is 6.04 Å². The van der Waals surface area contributed by atoms with Gasteiger partial charge in [0, 0.05) is 10.7 Å². The minimum Gasteiger partial charge on any atom is -0.349 e. The number of carbonyl (C=O) groups excluding carboxylic acids is 1. The lowest BCUT2D eigenvalue weighted by atomic mass is 10.2. The van der Waals surface area contributed by atoms with Gasteiger partial charge in [-0.3, -0.25) is 4.79 Å². The van der Waals surface area contributed by atoms with Crippen LogP contribution in [0.5, 0.6) is 0 Å². The van der Waals surface area contributed by atoms with Crippen LogP contribution >= 0.6 is 11.3 Å². The van der Waals surface area contributed by atoms with E-state index in [0.717, 1.165) is 23.1 Å². The van der Waals surface area contributed by atoms with Crippen molar-refractivity contribution in [2.75, 3.05) is 0 Å². The second-order valence-corrected chi connectivity index (χ2v) is 4.98. The highest BCUT2D eigenvalue weighted by molar-refractivity contribution is 7.20. The average Bonchev–Trinajstić information content (AvgIpc) is 2.95. The summed E-state index contributed by atoms with van der Waals surface area (Å²) >= 11 is 1.56. The van der Waals surface area contributed by atoms with Crippen molar-refractivity contribution in [1.82, 2.24) is 5.32 Å². The van der Waals surface area contributed by atoms with Crippen LogP contribution in [0, 0.1) is 0 Å². The minimum absolute atomic E-state index is 0.0821. The van der Waals surface area contributed by atoms with Crippen LogP contribution in [0.1, 0.15) is 22.5 Å². The predicted octanol–water partition coefficient (Wildman–Crippen LogP) is 2.79. The number of fused-ring (bicyclic) bond motifs is 1. The zero-order valence-corrected chi connectivity index (χ0v) is 9.01. The summed E-state index contributed by atoms with van der Waals surface area (Å²) in [4.78, 5) is 12.6. The number of hydrogen-bond acceptors (Lipinski definition) is 2. The first-order valence-corrected chi connectivity index (χ1v) is 5.94. The van der Waals surface area contributed by atoms with Gasteiger partial charge in [-0.15, -0.1) is 11.3 Å². The lowest BCUT2D eigenvalue weighted by molar-refractivity contribution is 0.0955. The van der Waals surface area contributed by atoms with Crippen molar-refractivity contribution in [3.8, 4) is 0 Å². The van der Waals surface area contributed by atoms with Crippen molar-refractivity contribution < 1.29 is 4.79 Å². The van der Waals surface area contributed by atoms with E-state index < -0.39 is 0 Å². The summed E-state index contributed by atoms with van der Waals surface area (Å²) in [6.45, 7) is 0. The molecule has 1 amide bonds. The van der Waals surface area contributed by atoms with E-state index in [4.69, 9.17) is 0 Å². The maximum absolute atomic E-state index is 11.8. The Hall–Kier alpha value is -1.35. The zero-order valence-electron chi connectivity index (χ0n) is 8.19. The van der Waals surface area contributed by atoms with E-state index in [1.165, 1.54) is 4.70 Å². The van der Waals surface area contributed by atoms with Gasteiger partial charge in [-0.2, -0.15) is 0 Å². The van der Waals surface area contributed by atoms with Gasteiger partial charge in [0.05, 0.1) is 4.88 Å². The number of benzene rings is 1. The first kappa shape index (κ1) is 8.92. The molecule has 3 rings (SSSR count). The Balaban J connectivity index is 1.92. The van der Waals surface area contributed by atoms with Crippen molar-refractivity contribution in [3.63, 3.8) is 0 Å². The molecule has 1 aliphatic rings. The maximum atomic E-state index is 11.8. The molecular formula is C12H11NOS. The Bertz CT molecular complexity index is 480. The van der Waals surface area contributed by atoms with Crippen LogP contribution in [0.25, 0.3) is 10.1 Å². The SMILES string of the molecule is O=C(NC1CC1)c1cc2ccccc2s1. The summed E-state index contributed by atoms with van der Waals surface area (Å²) in [7, 11) is 0. The molecule has 1 N–H and O–H groups in total. The normalized spacial score (nSPS) is 15.5. The highest BCUT2D eigenvalue weighted by Crippen LogP contribution is 2.26. The average molecular weight is 217 g/mol. The van der Waals surface area contributed by atoms with Crippen LogP contribution in [-0.4, -0.2) is 11.9 Å². The Morgan fingerprint density at radius 2 is 2.13 bits per heavy atom. The molecule has 1 saturated carbocycles. The topological polar surface area (TPSA) is 29.1 Å². The highest BCUT2D eigenvalue weighted by atomic mass is 32.1. The fourth-order valence-electron chi connectivity index (χ4n) is 1.58. The largest absolute Gasteiger partial charge is 0.349 e. The Morgan fingerprint density at radius 3 is 2.87 bits per heavy atom. The van der Waals surface area contributed by atoms with Crippen LogP contribution < -0.4 is 5.32 Å². The molecule has 0 bridgehead atoms. The molecule has 2 aromatic rings. The van der Waals surface area contributed by atoms with Crippen molar-refractivity contribution in [3.05, 3.63) is 35.2 Å². The first-order valence-electron chi connectivity index (χ1n) is 5.12. The third-order valence-electron chi connectivity index (χ3n) is 2.56. The molecule has 1 aromatic carbocycles. The van der Waals surface area contributed by atoms with Crippen LogP contribution in [0.15, 0.2) is 30.3 Å². The summed E-state index contributed by atoms with van der Waals surface area (Å²) in [5.41, 5.74) is 0. The highest BCUT2D eigenvalue weighted by Gasteiger charge is 2.24. The monoisotopic (exact) mass is 217 g/mol. The molecule has 1 heterocycles. The second-order valence-electron chi connectivity index (χ2n) is 3.90. The zero-order chi connectivity index (χ0) is 10.3. The molecule has 0 aliphatic heterocycles. The van der Waals surface area contributed by atoms with Crippen LogP contribution in [0.2, 0.25) is 0 Å². The lowest BCUT2D eigenvalue weighted by Crippen LogP contribution is -2.24. The number of carbonyl (C=O) groups is 1. The van der Waals surface area contributed by atoms with Gasteiger partial charge >= 0.3 is 0 Å². The third kappa shape index (κ3) is 1.75. The van der Waals surface area contributed by atoms with Crippen molar-refractivity contribution in [2.45, 2.75) is 18.9 Å². The number of hydrogen-bond donors (Lipinski definition) is 1. The molecule has 0 spiro atoms. The van der Waals surface area contributed by atoms with E-state index in [9.17, 15) is 4.79 Å². The maximum Gasteiger partial charge on any atom is 0.261 e. The molecule has 0 atom stereocenters. The molecular weight excluding hydrogens is 206 g/mol. The summed E-state index contributed by atoms with van der Waals surface area (Å²) in [5.74, 6) is 0.0821. The number of thiophene rings is 1. The van der Waals surface area contributed by atoms with E-state index >= 15 is 0 Å². The van der Waals surface area contributed by atoms with Gasteiger partial charge in [0.15, 0.2) is 0 Å². The van der Waals surface area contributed by atoms with Gasteiger partial charge in [-0.25, -0.2) is 0 Å².